The molecule has 0 aliphatic carbocycles. The molecule has 0 aliphatic rings. The van der Waals surface area contributed by atoms with Gasteiger partial charge in [0.05, 0.1) is 12.8 Å². The number of alkyl halides is 3. The second kappa shape index (κ2) is 6.66. The molecule has 2 rings (SSSR count). The first-order valence-corrected chi connectivity index (χ1v) is 7.61. The van der Waals surface area contributed by atoms with Crippen LogP contribution in [0.5, 0.6) is 0 Å². The topological polar surface area (TPSA) is 51.2 Å². The Balaban J connectivity index is 2.20. The van der Waals surface area contributed by atoms with E-state index in [2.05, 4.69) is 31.0 Å². The summed E-state index contributed by atoms with van der Waals surface area (Å²) in [6.45, 7) is 0. The quantitative estimate of drug-likeness (QED) is 0.793. The van der Waals surface area contributed by atoms with E-state index >= 15 is 0 Å². The highest BCUT2D eigenvalue weighted by Crippen LogP contribution is 2.29. The summed E-state index contributed by atoms with van der Waals surface area (Å²) >= 11 is 4.27. The van der Waals surface area contributed by atoms with Crippen molar-refractivity contribution in [2.45, 2.75) is 12.2 Å². The number of carbonyl (C=O) groups is 1. The zero-order valence-electron chi connectivity index (χ0n) is 11.1. The first kappa shape index (κ1) is 16.8. The van der Waals surface area contributed by atoms with Crippen LogP contribution in [-0.2, 0) is 9.53 Å². The van der Waals surface area contributed by atoms with Crippen molar-refractivity contribution in [3.05, 3.63) is 34.1 Å². The Bertz CT molecular complexity index is 658. The van der Waals surface area contributed by atoms with Gasteiger partial charge in [0, 0.05) is 15.4 Å². The zero-order valence-corrected chi connectivity index (χ0v) is 13.6. The summed E-state index contributed by atoms with van der Waals surface area (Å²) in [5, 5.41) is 3.67. The Labute approximate surface area is 136 Å². The minimum atomic E-state index is -4.77. The summed E-state index contributed by atoms with van der Waals surface area (Å²) in [5.74, 6) is -1.41. The number of ether oxygens (including phenoxy) is 1. The first-order valence-electron chi connectivity index (χ1n) is 5.94. The van der Waals surface area contributed by atoms with E-state index in [1.54, 1.807) is 29.6 Å². The lowest BCUT2D eigenvalue weighted by atomic mass is 10.2. The maximum Gasteiger partial charge on any atom is 0.419 e. The Kier molecular flexibility index (Phi) is 5.07. The van der Waals surface area contributed by atoms with E-state index in [1.807, 2.05) is 0 Å². The molecule has 0 unspecified atom stereocenters. The normalized spacial score (nSPS) is 12.8. The van der Waals surface area contributed by atoms with Gasteiger partial charge in [-0.15, -0.1) is 11.3 Å². The molecule has 1 N–H and O–H groups in total. The molecule has 0 aliphatic heterocycles. The molecular formula is C13H10BrF3N2O2S. The maximum absolute atomic E-state index is 12.8. The van der Waals surface area contributed by atoms with Gasteiger partial charge >= 0.3 is 12.1 Å². The monoisotopic (exact) mass is 394 g/mol. The van der Waals surface area contributed by atoms with Gasteiger partial charge in [-0.05, 0) is 12.1 Å². The number of benzene rings is 1. The summed E-state index contributed by atoms with van der Waals surface area (Å²) in [6, 6.07) is 4.72. The highest BCUT2D eigenvalue weighted by molar-refractivity contribution is 9.10. The Morgan fingerprint density at radius 3 is 2.55 bits per heavy atom. The number of anilines is 1. The largest absolute Gasteiger partial charge is 0.467 e. The van der Waals surface area contributed by atoms with E-state index in [0.717, 1.165) is 28.5 Å². The van der Waals surface area contributed by atoms with E-state index in [4.69, 9.17) is 0 Å². The van der Waals surface area contributed by atoms with E-state index in [9.17, 15) is 18.0 Å². The SMILES string of the molecule is COC(=O)[C@@H](Nc1nc(-c2ccc(Br)cc2)cs1)C(F)(F)F. The molecule has 0 amide bonds. The summed E-state index contributed by atoms with van der Waals surface area (Å²) in [6.07, 6.45) is -4.77. The van der Waals surface area contributed by atoms with Crippen LogP contribution >= 0.6 is 27.3 Å². The standard InChI is InChI=1S/C13H10BrF3N2O2S/c1-21-11(20)10(13(15,16)17)19-12-18-9(6-22-12)7-2-4-8(14)5-3-7/h2-6,10H,1H3,(H,18,19)/t10-/m1/s1. The van der Waals surface area contributed by atoms with Crippen molar-refractivity contribution >= 4 is 38.4 Å². The van der Waals surface area contributed by atoms with Gasteiger partial charge in [-0.1, -0.05) is 28.1 Å². The molecule has 1 heterocycles. The van der Waals surface area contributed by atoms with Gasteiger partial charge in [0.15, 0.2) is 5.13 Å². The number of carbonyl (C=O) groups excluding carboxylic acids is 1. The molecule has 0 saturated carbocycles. The lowest BCUT2D eigenvalue weighted by Crippen LogP contribution is -2.43. The molecular weight excluding hydrogens is 385 g/mol. The number of methoxy groups -OCH3 is 1. The smallest absolute Gasteiger partial charge is 0.419 e. The van der Waals surface area contributed by atoms with Crippen LogP contribution in [-0.4, -0.2) is 30.3 Å². The van der Waals surface area contributed by atoms with Gasteiger partial charge in [-0.25, -0.2) is 9.78 Å². The molecule has 0 spiro atoms. The molecule has 0 fully saturated rings. The second-order valence-corrected chi connectivity index (χ2v) is 5.96. The van der Waals surface area contributed by atoms with Gasteiger partial charge in [0.2, 0.25) is 6.04 Å². The van der Waals surface area contributed by atoms with Crippen LogP contribution in [0, 0.1) is 0 Å². The molecule has 4 nitrogen and oxygen atoms in total. The number of hydrogen-bond acceptors (Lipinski definition) is 5. The van der Waals surface area contributed by atoms with Gasteiger partial charge in [0.1, 0.15) is 0 Å². The summed E-state index contributed by atoms with van der Waals surface area (Å²) in [7, 11) is 0.901. The Morgan fingerprint density at radius 1 is 1.36 bits per heavy atom. The van der Waals surface area contributed by atoms with Crippen molar-refractivity contribution in [2.24, 2.45) is 0 Å². The highest BCUT2D eigenvalue weighted by atomic mass is 79.9. The summed E-state index contributed by atoms with van der Waals surface area (Å²) in [4.78, 5) is 15.3. The molecule has 1 aromatic carbocycles. The number of aromatic nitrogens is 1. The fraction of sp³-hybridized carbons (Fsp3) is 0.231. The van der Waals surface area contributed by atoms with Crippen molar-refractivity contribution in [1.82, 2.24) is 4.98 Å². The van der Waals surface area contributed by atoms with Crippen LogP contribution in [0.1, 0.15) is 0 Å². The van der Waals surface area contributed by atoms with Crippen molar-refractivity contribution in [3.63, 3.8) is 0 Å². The van der Waals surface area contributed by atoms with E-state index in [1.165, 1.54) is 0 Å². The fourth-order valence-electron chi connectivity index (χ4n) is 1.61. The number of nitrogens with one attached hydrogen (secondary N) is 1. The van der Waals surface area contributed by atoms with Gasteiger partial charge in [0.25, 0.3) is 0 Å². The minimum absolute atomic E-state index is 0.00866. The molecule has 9 heteroatoms. The number of halogens is 4. The second-order valence-electron chi connectivity index (χ2n) is 4.19. The van der Waals surface area contributed by atoms with Crippen molar-refractivity contribution < 1.29 is 22.7 Å². The lowest BCUT2D eigenvalue weighted by molar-refractivity contribution is -0.173. The Morgan fingerprint density at radius 2 is 2.00 bits per heavy atom. The van der Waals surface area contributed by atoms with Crippen LogP contribution in [0.4, 0.5) is 18.3 Å². The lowest BCUT2D eigenvalue weighted by Gasteiger charge is -2.18. The van der Waals surface area contributed by atoms with Crippen LogP contribution in [0.3, 0.4) is 0 Å². The van der Waals surface area contributed by atoms with Gasteiger partial charge in [-0.3, -0.25) is 0 Å². The minimum Gasteiger partial charge on any atom is -0.467 e. The number of rotatable bonds is 4. The molecule has 2 aromatic rings. The van der Waals surface area contributed by atoms with E-state index in [0.29, 0.717) is 5.69 Å². The maximum atomic E-state index is 12.8. The van der Waals surface area contributed by atoms with Crippen molar-refractivity contribution in [3.8, 4) is 11.3 Å². The predicted molar refractivity (Wildman–Crippen MR) is 80.7 cm³/mol. The number of hydrogen-bond donors (Lipinski definition) is 1. The fourth-order valence-corrected chi connectivity index (χ4v) is 2.62. The molecule has 0 radical (unpaired) electrons. The highest BCUT2D eigenvalue weighted by Gasteiger charge is 2.46. The van der Waals surface area contributed by atoms with Gasteiger partial charge in [-0.2, -0.15) is 13.2 Å². The molecule has 0 bridgehead atoms. The third kappa shape index (κ3) is 3.98. The van der Waals surface area contributed by atoms with Crippen LogP contribution in [0.15, 0.2) is 34.1 Å². The van der Waals surface area contributed by atoms with Crippen molar-refractivity contribution in [1.29, 1.82) is 0 Å². The van der Waals surface area contributed by atoms with E-state index < -0.39 is 18.2 Å². The molecule has 22 heavy (non-hydrogen) atoms. The summed E-state index contributed by atoms with van der Waals surface area (Å²) in [5.41, 5.74) is 1.28. The Hall–Kier alpha value is -1.61. The van der Waals surface area contributed by atoms with Crippen molar-refractivity contribution in [2.75, 3.05) is 12.4 Å². The number of nitrogens with zero attached hydrogens (tertiary/aromatic N) is 1. The average Bonchev–Trinajstić information content (AvgIpc) is 2.92. The first-order chi connectivity index (χ1) is 10.3. The average molecular weight is 395 g/mol. The van der Waals surface area contributed by atoms with Gasteiger partial charge < -0.3 is 10.1 Å². The summed E-state index contributed by atoms with van der Waals surface area (Å²) < 4.78 is 43.5. The number of thiazole rings is 1. The molecule has 0 saturated heterocycles. The number of esters is 1. The predicted octanol–water partition coefficient (Wildman–Crippen LogP) is 4.09. The van der Waals surface area contributed by atoms with Crippen LogP contribution < -0.4 is 5.32 Å². The molecule has 1 aromatic heterocycles. The third-order valence-corrected chi connectivity index (χ3v) is 3.98. The van der Waals surface area contributed by atoms with Crippen LogP contribution in [0.2, 0.25) is 0 Å². The third-order valence-electron chi connectivity index (χ3n) is 2.68. The zero-order chi connectivity index (χ0) is 16.3. The van der Waals surface area contributed by atoms with Crippen LogP contribution in [0.25, 0.3) is 11.3 Å². The van der Waals surface area contributed by atoms with E-state index in [-0.39, 0.29) is 5.13 Å². The molecule has 118 valence electrons. The molecule has 1 atom stereocenters.